The molecule has 0 saturated carbocycles. The van der Waals surface area contributed by atoms with E-state index in [1.165, 1.54) is 18.1 Å². The Hall–Kier alpha value is -4.38. The Labute approximate surface area is 206 Å². The van der Waals surface area contributed by atoms with E-state index in [1.54, 1.807) is 18.3 Å². The number of carboxylic acid groups (broad SMARTS) is 1. The van der Waals surface area contributed by atoms with Gasteiger partial charge in [0.15, 0.2) is 0 Å². The highest BCUT2D eigenvalue weighted by Gasteiger charge is 2.33. The zero-order valence-electron chi connectivity index (χ0n) is 19.7. The third-order valence-corrected chi connectivity index (χ3v) is 6.37. The topological polar surface area (TPSA) is 148 Å². The van der Waals surface area contributed by atoms with Gasteiger partial charge >= 0.3 is 6.09 Å². The van der Waals surface area contributed by atoms with Crippen LogP contribution in [0.1, 0.15) is 27.8 Å². The molecular weight excluding hydrogens is 462 g/mol. The number of para-hydroxylation sites is 2. The van der Waals surface area contributed by atoms with Gasteiger partial charge in [-0.1, -0.05) is 12.1 Å². The number of fused-ring (bicyclic) bond motifs is 2. The van der Waals surface area contributed by atoms with E-state index in [0.29, 0.717) is 55.1 Å². The van der Waals surface area contributed by atoms with Gasteiger partial charge in [-0.2, -0.15) is 0 Å². The minimum Gasteiger partial charge on any atom is -0.481 e. The molecule has 3 aromatic heterocycles. The van der Waals surface area contributed by atoms with E-state index in [9.17, 15) is 14.7 Å². The molecule has 4 heterocycles. The Morgan fingerprint density at radius 3 is 2.64 bits per heavy atom. The van der Waals surface area contributed by atoms with Gasteiger partial charge in [-0.05, 0) is 24.3 Å². The van der Waals surface area contributed by atoms with Crippen LogP contribution in [0.4, 0.5) is 4.79 Å². The molecule has 1 fully saturated rings. The smallest absolute Gasteiger partial charge is 0.407 e. The fourth-order valence-corrected chi connectivity index (χ4v) is 4.53. The van der Waals surface area contributed by atoms with E-state index in [2.05, 4.69) is 19.9 Å². The summed E-state index contributed by atoms with van der Waals surface area (Å²) in [5, 5.41) is 9.95. The zero-order chi connectivity index (χ0) is 25.2. The number of pyridine rings is 2. The van der Waals surface area contributed by atoms with Crippen LogP contribution in [-0.4, -0.2) is 80.1 Å². The van der Waals surface area contributed by atoms with Crippen LogP contribution in [0.25, 0.3) is 22.1 Å². The quantitative estimate of drug-likeness (QED) is 0.418. The van der Waals surface area contributed by atoms with Crippen molar-refractivity contribution in [1.29, 1.82) is 0 Å². The van der Waals surface area contributed by atoms with Gasteiger partial charge in [0.1, 0.15) is 5.69 Å². The van der Waals surface area contributed by atoms with Crippen molar-refractivity contribution >= 4 is 34.1 Å². The number of hydrogen-bond donors (Lipinski definition) is 2. The van der Waals surface area contributed by atoms with Crippen molar-refractivity contribution in [3.05, 3.63) is 65.6 Å². The van der Waals surface area contributed by atoms with E-state index in [0.717, 1.165) is 16.7 Å². The molecule has 0 spiro atoms. The van der Waals surface area contributed by atoms with E-state index in [1.807, 2.05) is 24.3 Å². The summed E-state index contributed by atoms with van der Waals surface area (Å²) in [5.41, 5.74) is 9.60. The van der Waals surface area contributed by atoms with Crippen molar-refractivity contribution in [2.75, 3.05) is 33.3 Å². The SMILES string of the molecule is COc1ccc2nc(C(N)=O)cc(C3CN(CCc4cnc5ccccc5n4)CCN3C(=O)O)c2n1. The summed E-state index contributed by atoms with van der Waals surface area (Å²) in [7, 11) is 1.50. The summed E-state index contributed by atoms with van der Waals surface area (Å²) >= 11 is 0. The van der Waals surface area contributed by atoms with Gasteiger partial charge in [0.05, 0.1) is 40.9 Å². The number of carbonyl (C=O) groups is 2. The Balaban J connectivity index is 1.46. The standard InChI is InChI=1S/C25H25N7O4/c1-36-22-7-6-19-23(30-22)16(12-20(29-19)24(26)33)21-14-31(10-11-32(21)25(34)35)9-8-15-13-27-17-4-2-3-5-18(17)28-15/h2-7,12-13,21H,8-11,14H2,1H3,(H2,26,33)(H,34,35). The van der Waals surface area contributed by atoms with Gasteiger partial charge in [0.2, 0.25) is 5.88 Å². The second-order valence-electron chi connectivity index (χ2n) is 8.57. The van der Waals surface area contributed by atoms with Crippen LogP contribution in [0.5, 0.6) is 5.88 Å². The minimum atomic E-state index is -1.05. The summed E-state index contributed by atoms with van der Waals surface area (Å²) in [4.78, 5) is 45.7. The molecule has 1 aliphatic rings. The van der Waals surface area contributed by atoms with Crippen molar-refractivity contribution in [3.63, 3.8) is 0 Å². The van der Waals surface area contributed by atoms with Crippen LogP contribution in [0.15, 0.2) is 48.7 Å². The number of aromatic nitrogens is 4. The fraction of sp³-hybridized carbons (Fsp3) is 0.280. The number of benzene rings is 1. The third kappa shape index (κ3) is 4.60. The predicted octanol–water partition coefficient (Wildman–Crippen LogP) is 2.26. The van der Waals surface area contributed by atoms with Crippen LogP contribution in [0.2, 0.25) is 0 Å². The van der Waals surface area contributed by atoms with Crippen molar-refractivity contribution in [2.45, 2.75) is 12.5 Å². The summed E-state index contributed by atoms with van der Waals surface area (Å²) in [6, 6.07) is 12.0. The van der Waals surface area contributed by atoms with E-state index in [-0.39, 0.29) is 5.69 Å². The molecule has 2 amide bonds. The fourth-order valence-electron chi connectivity index (χ4n) is 4.53. The Morgan fingerprint density at radius 2 is 1.89 bits per heavy atom. The second-order valence-corrected chi connectivity index (χ2v) is 8.57. The van der Waals surface area contributed by atoms with Crippen LogP contribution < -0.4 is 10.5 Å². The number of hydrogen-bond acceptors (Lipinski definition) is 8. The third-order valence-electron chi connectivity index (χ3n) is 6.37. The van der Waals surface area contributed by atoms with E-state index < -0.39 is 18.0 Å². The molecule has 0 radical (unpaired) electrons. The average Bonchev–Trinajstić information content (AvgIpc) is 2.90. The number of ether oxygens (including phenoxy) is 1. The number of nitrogens with two attached hydrogens (primary N) is 1. The highest BCUT2D eigenvalue weighted by molar-refractivity contribution is 5.94. The normalized spacial score (nSPS) is 16.4. The molecule has 1 atom stereocenters. The Morgan fingerprint density at radius 1 is 1.08 bits per heavy atom. The summed E-state index contributed by atoms with van der Waals surface area (Å²) in [6.45, 7) is 1.93. The first-order valence-corrected chi connectivity index (χ1v) is 11.5. The van der Waals surface area contributed by atoms with Crippen molar-refractivity contribution in [1.82, 2.24) is 29.7 Å². The minimum absolute atomic E-state index is 0.0540. The Kier molecular flexibility index (Phi) is 6.30. The van der Waals surface area contributed by atoms with Crippen molar-refractivity contribution in [2.24, 2.45) is 5.73 Å². The molecule has 11 nitrogen and oxygen atoms in total. The zero-order valence-corrected chi connectivity index (χ0v) is 19.7. The number of rotatable bonds is 6. The van der Waals surface area contributed by atoms with Gasteiger partial charge < -0.3 is 15.6 Å². The van der Waals surface area contributed by atoms with E-state index in [4.69, 9.17) is 15.5 Å². The van der Waals surface area contributed by atoms with Crippen LogP contribution in [-0.2, 0) is 6.42 Å². The van der Waals surface area contributed by atoms with Gasteiger partial charge in [0.25, 0.3) is 5.91 Å². The second kappa shape index (κ2) is 9.70. The molecule has 5 rings (SSSR count). The first kappa shape index (κ1) is 23.4. The lowest BCUT2D eigenvalue weighted by molar-refractivity contribution is 0.0679. The van der Waals surface area contributed by atoms with Gasteiger partial charge in [-0.15, -0.1) is 0 Å². The monoisotopic (exact) mass is 487 g/mol. The summed E-state index contributed by atoms with van der Waals surface area (Å²) < 4.78 is 5.27. The first-order valence-electron chi connectivity index (χ1n) is 11.5. The molecular formula is C25H25N7O4. The molecule has 4 aromatic rings. The predicted molar refractivity (Wildman–Crippen MR) is 132 cm³/mol. The van der Waals surface area contributed by atoms with Crippen molar-refractivity contribution < 1.29 is 19.4 Å². The maximum Gasteiger partial charge on any atom is 0.407 e. The van der Waals surface area contributed by atoms with Gasteiger partial charge in [-0.3, -0.25) is 19.6 Å². The number of piperazine rings is 1. The maximum absolute atomic E-state index is 12.2. The molecule has 184 valence electrons. The molecule has 1 unspecified atom stereocenters. The highest BCUT2D eigenvalue weighted by atomic mass is 16.5. The van der Waals surface area contributed by atoms with Crippen molar-refractivity contribution in [3.8, 4) is 5.88 Å². The van der Waals surface area contributed by atoms with Crippen LogP contribution in [0, 0.1) is 0 Å². The summed E-state index contributed by atoms with van der Waals surface area (Å²) in [5.74, 6) is -0.333. The summed E-state index contributed by atoms with van der Waals surface area (Å²) in [6.07, 6.45) is 1.39. The van der Waals surface area contributed by atoms with Gasteiger partial charge in [-0.25, -0.2) is 19.7 Å². The number of primary amides is 1. The van der Waals surface area contributed by atoms with Crippen LogP contribution >= 0.6 is 0 Å². The van der Waals surface area contributed by atoms with Gasteiger partial charge in [0, 0.05) is 50.4 Å². The molecule has 1 aromatic carbocycles. The number of amides is 2. The number of carbonyl (C=O) groups excluding carboxylic acids is 1. The molecule has 1 aliphatic heterocycles. The molecule has 0 bridgehead atoms. The first-order chi connectivity index (χ1) is 17.4. The maximum atomic E-state index is 12.2. The molecule has 3 N–H and O–H groups in total. The molecule has 36 heavy (non-hydrogen) atoms. The lowest BCUT2D eigenvalue weighted by Crippen LogP contribution is -2.50. The molecule has 0 aliphatic carbocycles. The molecule has 11 heteroatoms. The number of methoxy groups -OCH3 is 1. The molecule has 1 saturated heterocycles. The lowest BCUT2D eigenvalue weighted by Gasteiger charge is -2.40. The van der Waals surface area contributed by atoms with E-state index >= 15 is 0 Å². The Bertz CT molecular complexity index is 1460. The van der Waals surface area contributed by atoms with Crippen LogP contribution in [0.3, 0.4) is 0 Å². The highest BCUT2D eigenvalue weighted by Crippen LogP contribution is 2.31. The number of nitrogens with zero attached hydrogens (tertiary/aromatic N) is 6. The average molecular weight is 488 g/mol. The largest absolute Gasteiger partial charge is 0.481 e. The lowest BCUT2D eigenvalue weighted by atomic mass is 9.99.